The van der Waals surface area contributed by atoms with Gasteiger partial charge in [0.2, 0.25) is 0 Å². The Balaban J connectivity index is 1.90. The first kappa shape index (κ1) is 12.7. The molecule has 1 aliphatic carbocycles. The molecule has 3 rings (SSSR count). The smallest absolute Gasteiger partial charge is 0.270 e. The van der Waals surface area contributed by atoms with E-state index in [9.17, 15) is 14.9 Å². The van der Waals surface area contributed by atoms with Crippen molar-refractivity contribution in [2.24, 2.45) is 0 Å². The third-order valence-corrected chi connectivity index (χ3v) is 3.38. The third kappa shape index (κ3) is 2.53. The average molecular weight is 274 g/mol. The lowest BCUT2D eigenvalue weighted by Gasteiger charge is -2.07. The minimum absolute atomic E-state index is 0.0924. The van der Waals surface area contributed by atoms with Crippen molar-refractivity contribution in [3.63, 3.8) is 0 Å². The summed E-state index contributed by atoms with van der Waals surface area (Å²) in [6, 6.07) is 4.73. The summed E-state index contributed by atoms with van der Waals surface area (Å²) >= 11 is 0. The van der Waals surface area contributed by atoms with Gasteiger partial charge < -0.3 is 5.32 Å². The van der Waals surface area contributed by atoms with E-state index < -0.39 is 4.92 Å². The first-order valence-corrected chi connectivity index (χ1v) is 6.52. The second-order valence-corrected chi connectivity index (χ2v) is 4.93. The van der Waals surface area contributed by atoms with E-state index in [1.807, 2.05) is 0 Å². The molecule has 7 heteroatoms. The van der Waals surface area contributed by atoms with Gasteiger partial charge in [-0.1, -0.05) is 0 Å². The van der Waals surface area contributed by atoms with Crippen LogP contribution in [0.2, 0.25) is 0 Å². The van der Waals surface area contributed by atoms with Crippen LogP contribution in [0.1, 0.15) is 12.8 Å². The summed E-state index contributed by atoms with van der Waals surface area (Å²) < 4.78 is 1.49. The molecule has 1 fully saturated rings. The van der Waals surface area contributed by atoms with Crippen LogP contribution in [0.15, 0.2) is 29.3 Å². The fraction of sp³-hybridized carbons (Fsp3) is 0.385. The molecule has 1 N–H and O–H groups in total. The molecule has 0 unspecified atom stereocenters. The number of nitro groups is 1. The lowest BCUT2D eigenvalue weighted by molar-refractivity contribution is -0.384. The molecule has 20 heavy (non-hydrogen) atoms. The Morgan fingerprint density at radius 3 is 2.95 bits per heavy atom. The van der Waals surface area contributed by atoms with Crippen molar-refractivity contribution >= 4 is 16.6 Å². The molecule has 1 aromatic carbocycles. The first-order chi connectivity index (χ1) is 9.65. The summed E-state index contributed by atoms with van der Waals surface area (Å²) in [5.74, 6) is 0. The maximum atomic E-state index is 12.3. The van der Waals surface area contributed by atoms with E-state index in [4.69, 9.17) is 0 Å². The van der Waals surface area contributed by atoms with Gasteiger partial charge in [-0.05, 0) is 18.9 Å². The van der Waals surface area contributed by atoms with E-state index in [0.717, 1.165) is 0 Å². The van der Waals surface area contributed by atoms with Crippen molar-refractivity contribution in [1.82, 2.24) is 14.9 Å². The van der Waals surface area contributed by atoms with Crippen LogP contribution >= 0.6 is 0 Å². The number of non-ortho nitro benzene ring substituents is 1. The van der Waals surface area contributed by atoms with Gasteiger partial charge in [-0.25, -0.2) is 4.98 Å². The fourth-order valence-corrected chi connectivity index (χ4v) is 2.10. The maximum Gasteiger partial charge on any atom is 0.270 e. The zero-order chi connectivity index (χ0) is 14.1. The Kier molecular flexibility index (Phi) is 3.19. The molecule has 0 atom stereocenters. The maximum absolute atomic E-state index is 12.3. The van der Waals surface area contributed by atoms with Gasteiger partial charge in [-0.3, -0.25) is 19.5 Å². The van der Waals surface area contributed by atoms with Gasteiger partial charge in [0.1, 0.15) is 0 Å². The van der Waals surface area contributed by atoms with Gasteiger partial charge in [0.15, 0.2) is 0 Å². The van der Waals surface area contributed by atoms with Crippen LogP contribution < -0.4 is 10.9 Å². The van der Waals surface area contributed by atoms with Crippen LogP contribution in [0.5, 0.6) is 0 Å². The molecule has 7 nitrogen and oxygen atoms in total. The second-order valence-electron chi connectivity index (χ2n) is 4.93. The molecule has 1 heterocycles. The van der Waals surface area contributed by atoms with E-state index in [1.54, 1.807) is 0 Å². The molecule has 2 aromatic rings. The number of hydrogen-bond acceptors (Lipinski definition) is 5. The standard InChI is InChI=1S/C13H14N4O3/c18-13-11-7-10(17(19)20)3-4-12(11)15-8-16(13)6-5-14-9-1-2-9/h3-4,7-9,14H,1-2,5-6H2. The largest absolute Gasteiger partial charge is 0.312 e. The predicted molar refractivity (Wildman–Crippen MR) is 73.7 cm³/mol. The molecule has 0 aliphatic heterocycles. The van der Waals surface area contributed by atoms with Gasteiger partial charge in [-0.2, -0.15) is 0 Å². The summed E-state index contributed by atoms with van der Waals surface area (Å²) in [5, 5.41) is 14.4. The van der Waals surface area contributed by atoms with E-state index >= 15 is 0 Å². The number of nitrogens with one attached hydrogen (secondary N) is 1. The number of hydrogen-bond donors (Lipinski definition) is 1. The molecule has 1 aromatic heterocycles. The molecular weight excluding hydrogens is 260 g/mol. The van der Waals surface area contributed by atoms with E-state index in [1.165, 1.54) is 41.9 Å². The normalized spacial score (nSPS) is 14.6. The van der Waals surface area contributed by atoms with Crippen molar-refractivity contribution < 1.29 is 4.92 Å². The van der Waals surface area contributed by atoms with Crippen molar-refractivity contribution in [1.29, 1.82) is 0 Å². The summed E-state index contributed by atoms with van der Waals surface area (Å²) in [7, 11) is 0. The summed E-state index contributed by atoms with van der Waals surface area (Å²) in [6.45, 7) is 1.22. The molecular formula is C13H14N4O3. The summed E-state index contributed by atoms with van der Waals surface area (Å²) in [5.41, 5.74) is 0.147. The molecule has 0 radical (unpaired) electrons. The highest BCUT2D eigenvalue weighted by molar-refractivity contribution is 5.79. The zero-order valence-corrected chi connectivity index (χ0v) is 10.8. The molecule has 0 spiro atoms. The molecule has 0 amide bonds. The van der Waals surface area contributed by atoms with E-state index in [2.05, 4.69) is 10.3 Å². The number of fused-ring (bicyclic) bond motifs is 1. The van der Waals surface area contributed by atoms with Crippen LogP contribution in [0, 0.1) is 10.1 Å². The van der Waals surface area contributed by atoms with Crippen LogP contribution in [0.4, 0.5) is 5.69 Å². The van der Waals surface area contributed by atoms with E-state index in [0.29, 0.717) is 24.6 Å². The van der Waals surface area contributed by atoms with Gasteiger partial charge >= 0.3 is 0 Å². The quantitative estimate of drug-likeness (QED) is 0.650. The predicted octanol–water partition coefficient (Wildman–Crippen LogP) is 1.06. The molecule has 0 saturated heterocycles. The second kappa shape index (κ2) is 5.01. The zero-order valence-electron chi connectivity index (χ0n) is 10.8. The number of aromatic nitrogens is 2. The average Bonchev–Trinajstić information content (AvgIpc) is 3.25. The lowest BCUT2D eigenvalue weighted by atomic mass is 10.2. The van der Waals surface area contributed by atoms with Crippen LogP contribution in [-0.4, -0.2) is 27.1 Å². The van der Waals surface area contributed by atoms with Crippen LogP contribution in [0.25, 0.3) is 10.9 Å². The number of benzene rings is 1. The number of rotatable bonds is 5. The lowest BCUT2D eigenvalue weighted by Crippen LogP contribution is -2.28. The van der Waals surface area contributed by atoms with Gasteiger partial charge in [0.05, 0.1) is 22.2 Å². The summed E-state index contributed by atoms with van der Waals surface area (Å²) in [6.07, 6.45) is 3.87. The minimum Gasteiger partial charge on any atom is -0.312 e. The highest BCUT2D eigenvalue weighted by Gasteiger charge is 2.19. The molecule has 1 aliphatic rings. The molecule has 0 bridgehead atoms. The van der Waals surface area contributed by atoms with Crippen LogP contribution in [0.3, 0.4) is 0 Å². The van der Waals surface area contributed by atoms with E-state index in [-0.39, 0.29) is 16.6 Å². The minimum atomic E-state index is -0.509. The molecule has 1 saturated carbocycles. The SMILES string of the molecule is O=c1c2cc([N+](=O)[O-])ccc2ncn1CCNC1CC1. The van der Waals surface area contributed by atoms with Gasteiger partial charge in [0, 0.05) is 31.3 Å². The van der Waals surface area contributed by atoms with Crippen molar-refractivity contribution in [3.05, 3.63) is 45.0 Å². The Morgan fingerprint density at radius 2 is 2.25 bits per heavy atom. The van der Waals surface area contributed by atoms with Gasteiger partial charge in [0.25, 0.3) is 11.2 Å². The first-order valence-electron chi connectivity index (χ1n) is 6.52. The summed E-state index contributed by atoms with van der Waals surface area (Å²) in [4.78, 5) is 26.7. The van der Waals surface area contributed by atoms with Crippen LogP contribution in [-0.2, 0) is 6.54 Å². The van der Waals surface area contributed by atoms with Crippen molar-refractivity contribution in [2.75, 3.05) is 6.54 Å². The topological polar surface area (TPSA) is 90.1 Å². The monoisotopic (exact) mass is 274 g/mol. The molecule has 104 valence electrons. The number of nitro benzene ring substituents is 1. The van der Waals surface area contributed by atoms with Crippen molar-refractivity contribution in [3.8, 4) is 0 Å². The number of nitrogens with zero attached hydrogens (tertiary/aromatic N) is 3. The Bertz CT molecular complexity index is 721. The highest BCUT2D eigenvalue weighted by atomic mass is 16.6. The van der Waals surface area contributed by atoms with Gasteiger partial charge in [-0.15, -0.1) is 0 Å². The Labute approximate surface area is 114 Å². The third-order valence-electron chi connectivity index (χ3n) is 3.38. The fourth-order valence-electron chi connectivity index (χ4n) is 2.10. The Morgan fingerprint density at radius 1 is 1.45 bits per heavy atom. The Hall–Kier alpha value is -2.28. The van der Waals surface area contributed by atoms with Crippen molar-refractivity contribution in [2.45, 2.75) is 25.4 Å². The highest BCUT2D eigenvalue weighted by Crippen LogP contribution is 2.18.